The van der Waals surface area contributed by atoms with Gasteiger partial charge < -0.3 is 19.5 Å². The molecule has 1 amide bonds. The summed E-state index contributed by atoms with van der Waals surface area (Å²) in [4.78, 5) is 15.3. The smallest absolute Gasteiger partial charge is 0.225 e. The van der Waals surface area contributed by atoms with Gasteiger partial charge in [0, 0.05) is 31.5 Å². The molecule has 1 spiro atoms. The van der Waals surface area contributed by atoms with Gasteiger partial charge in [-0.1, -0.05) is 12.1 Å². The van der Waals surface area contributed by atoms with Gasteiger partial charge in [-0.3, -0.25) is 9.69 Å². The Morgan fingerprint density at radius 2 is 1.64 bits per heavy atom. The zero-order valence-corrected chi connectivity index (χ0v) is 20.3. The molecule has 2 aromatic carbocycles. The van der Waals surface area contributed by atoms with Gasteiger partial charge in [-0.05, 0) is 42.2 Å². The van der Waals surface area contributed by atoms with Gasteiger partial charge >= 0.3 is 0 Å². The van der Waals surface area contributed by atoms with Crippen LogP contribution >= 0.6 is 0 Å². The van der Waals surface area contributed by atoms with E-state index in [0.29, 0.717) is 28.7 Å². The number of sulfone groups is 1. The third kappa shape index (κ3) is 4.39. The number of benzene rings is 2. The largest absolute Gasteiger partial charge is 0.493 e. The van der Waals surface area contributed by atoms with Crippen molar-refractivity contribution in [2.75, 3.05) is 40.7 Å². The fraction of sp³-hybridized carbons (Fsp3) is 0.458. The number of nitrogens with one attached hydrogen (secondary N) is 1. The maximum atomic E-state index is 12.7. The van der Waals surface area contributed by atoms with Crippen LogP contribution in [0.4, 0.5) is 0 Å². The summed E-state index contributed by atoms with van der Waals surface area (Å²) in [5, 5.41) is 3.25. The normalized spacial score (nSPS) is 17.9. The summed E-state index contributed by atoms with van der Waals surface area (Å²) in [6, 6.07) is 8.90. The maximum absolute atomic E-state index is 12.7. The topological polar surface area (TPSA) is 94.2 Å². The van der Waals surface area contributed by atoms with E-state index in [0.717, 1.165) is 42.6 Å². The summed E-state index contributed by atoms with van der Waals surface area (Å²) in [5.41, 5.74) is 2.39. The number of nitrogens with zero attached hydrogens (tertiary/aromatic N) is 1. The molecule has 0 aromatic heterocycles. The zero-order chi connectivity index (χ0) is 23.8. The summed E-state index contributed by atoms with van der Waals surface area (Å²) in [6.07, 6.45) is 2.92. The molecule has 0 atom stereocenters. The maximum Gasteiger partial charge on any atom is 0.225 e. The molecular weight excluding hydrogens is 444 g/mol. The first-order valence-electron chi connectivity index (χ1n) is 10.9. The van der Waals surface area contributed by atoms with Crippen LogP contribution in [0.1, 0.15) is 29.5 Å². The Hall–Kier alpha value is -2.78. The van der Waals surface area contributed by atoms with Crippen LogP contribution in [-0.4, -0.2) is 59.9 Å². The number of fused-ring (bicyclic) bond motifs is 2. The predicted octanol–water partition coefficient (Wildman–Crippen LogP) is 2.28. The molecule has 0 aliphatic carbocycles. The average Bonchev–Trinajstić information content (AvgIpc) is 2.79. The third-order valence-corrected chi connectivity index (χ3v) is 7.72. The third-order valence-electron chi connectivity index (χ3n) is 6.59. The van der Waals surface area contributed by atoms with Gasteiger partial charge in [0.2, 0.25) is 11.7 Å². The lowest BCUT2D eigenvalue weighted by atomic mass is 9.74. The molecule has 0 radical (unpaired) electrons. The monoisotopic (exact) mass is 474 g/mol. The number of carbonyl (C=O) groups is 1. The van der Waals surface area contributed by atoms with E-state index in [9.17, 15) is 13.2 Å². The highest BCUT2D eigenvalue weighted by Gasteiger charge is 2.45. The van der Waals surface area contributed by atoms with Crippen molar-refractivity contribution in [2.45, 2.75) is 36.2 Å². The van der Waals surface area contributed by atoms with Crippen LogP contribution in [0.2, 0.25) is 0 Å². The van der Waals surface area contributed by atoms with Crippen molar-refractivity contribution in [3.63, 3.8) is 0 Å². The Morgan fingerprint density at radius 3 is 2.18 bits per heavy atom. The van der Waals surface area contributed by atoms with Crippen molar-refractivity contribution in [1.82, 2.24) is 10.2 Å². The molecule has 1 fully saturated rings. The van der Waals surface area contributed by atoms with E-state index < -0.39 is 15.4 Å². The Bertz CT molecular complexity index is 1150. The zero-order valence-electron chi connectivity index (χ0n) is 19.4. The number of methoxy groups -OCH3 is 3. The Kier molecular flexibility index (Phi) is 6.28. The SMILES string of the molecule is COc1cc2c(c(OC)c1OC)C1(CCN(Cc3ccc(S(C)(=O)=O)cc3)CC1)NC(=O)C2. The fourth-order valence-electron chi connectivity index (χ4n) is 4.99. The number of hydrogen-bond donors (Lipinski definition) is 1. The van der Waals surface area contributed by atoms with Crippen LogP contribution in [-0.2, 0) is 33.1 Å². The molecule has 2 aliphatic rings. The number of piperidine rings is 1. The van der Waals surface area contributed by atoms with Crippen LogP contribution in [0.15, 0.2) is 35.2 Å². The summed E-state index contributed by atoms with van der Waals surface area (Å²) in [7, 11) is 1.56. The minimum absolute atomic E-state index is 0.0124. The first-order valence-corrected chi connectivity index (χ1v) is 12.7. The van der Waals surface area contributed by atoms with Crippen LogP contribution in [0.3, 0.4) is 0 Å². The van der Waals surface area contributed by atoms with Crippen molar-refractivity contribution in [2.24, 2.45) is 0 Å². The lowest BCUT2D eigenvalue weighted by molar-refractivity contribution is -0.124. The highest BCUT2D eigenvalue weighted by atomic mass is 32.2. The van der Waals surface area contributed by atoms with E-state index in [2.05, 4.69) is 10.2 Å². The van der Waals surface area contributed by atoms with Crippen molar-refractivity contribution >= 4 is 15.7 Å². The van der Waals surface area contributed by atoms with Gasteiger partial charge in [0.05, 0.1) is 38.2 Å². The van der Waals surface area contributed by atoms with Crippen molar-refractivity contribution in [3.8, 4) is 17.2 Å². The highest BCUT2D eigenvalue weighted by Crippen LogP contribution is 2.50. The second-order valence-corrected chi connectivity index (χ2v) is 10.7. The van der Waals surface area contributed by atoms with Crippen molar-refractivity contribution < 1.29 is 27.4 Å². The van der Waals surface area contributed by atoms with Crippen molar-refractivity contribution in [3.05, 3.63) is 47.0 Å². The number of likely N-dealkylation sites (tertiary alicyclic amines) is 1. The standard InChI is InChI=1S/C24H30N2O6S/c1-30-19-13-17-14-20(27)25-24(21(17)23(32-3)22(19)31-2)9-11-26(12-10-24)15-16-5-7-18(8-6-16)33(4,28)29/h5-8,13H,9-12,14-15H2,1-4H3,(H,25,27). The Morgan fingerprint density at radius 1 is 1.00 bits per heavy atom. The van der Waals surface area contributed by atoms with Gasteiger partial charge in [-0.15, -0.1) is 0 Å². The van der Waals surface area contributed by atoms with E-state index in [-0.39, 0.29) is 12.3 Å². The van der Waals surface area contributed by atoms with E-state index >= 15 is 0 Å². The molecular formula is C24H30N2O6S. The minimum Gasteiger partial charge on any atom is -0.493 e. The molecule has 0 saturated carbocycles. The van der Waals surface area contributed by atoms with E-state index in [4.69, 9.17) is 14.2 Å². The number of rotatable bonds is 6. The first kappa shape index (κ1) is 23.4. The van der Waals surface area contributed by atoms with E-state index in [1.165, 1.54) is 6.26 Å². The van der Waals surface area contributed by atoms with Crippen LogP contribution in [0.5, 0.6) is 17.2 Å². The molecule has 4 rings (SSSR count). The number of hydrogen-bond acceptors (Lipinski definition) is 7. The van der Waals surface area contributed by atoms with Crippen LogP contribution < -0.4 is 19.5 Å². The second kappa shape index (κ2) is 8.87. The molecule has 2 aliphatic heterocycles. The number of ether oxygens (including phenoxy) is 3. The molecule has 8 nitrogen and oxygen atoms in total. The second-order valence-electron chi connectivity index (χ2n) is 8.68. The quantitative estimate of drug-likeness (QED) is 0.686. The van der Waals surface area contributed by atoms with Crippen molar-refractivity contribution in [1.29, 1.82) is 0 Å². The first-order chi connectivity index (χ1) is 15.7. The molecule has 2 aromatic rings. The molecule has 1 saturated heterocycles. The van der Waals surface area contributed by atoms with Gasteiger partial charge in [0.25, 0.3) is 0 Å². The summed E-state index contributed by atoms with van der Waals surface area (Å²) >= 11 is 0. The Labute approximate surface area is 194 Å². The molecule has 1 N–H and O–H groups in total. The summed E-state index contributed by atoms with van der Waals surface area (Å²) in [5.74, 6) is 1.67. The van der Waals surface area contributed by atoms with Crippen LogP contribution in [0.25, 0.3) is 0 Å². The molecule has 9 heteroatoms. The lowest BCUT2D eigenvalue weighted by Gasteiger charge is -2.46. The van der Waals surface area contributed by atoms with Gasteiger partial charge in [0.15, 0.2) is 21.3 Å². The molecule has 0 unspecified atom stereocenters. The number of carbonyl (C=O) groups excluding carboxylic acids is 1. The van der Waals surface area contributed by atoms with Gasteiger partial charge in [0.1, 0.15) is 0 Å². The Balaban J connectivity index is 1.59. The van der Waals surface area contributed by atoms with E-state index in [1.807, 2.05) is 18.2 Å². The van der Waals surface area contributed by atoms with E-state index in [1.54, 1.807) is 33.5 Å². The molecule has 33 heavy (non-hydrogen) atoms. The summed E-state index contributed by atoms with van der Waals surface area (Å²) < 4.78 is 40.3. The number of amides is 1. The molecule has 0 bridgehead atoms. The molecule has 178 valence electrons. The van der Waals surface area contributed by atoms with Gasteiger partial charge in [-0.25, -0.2) is 8.42 Å². The fourth-order valence-corrected chi connectivity index (χ4v) is 5.62. The van der Waals surface area contributed by atoms with Crippen LogP contribution in [0, 0.1) is 0 Å². The lowest BCUT2D eigenvalue weighted by Crippen LogP contribution is -2.56. The summed E-state index contributed by atoms with van der Waals surface area (Å²) in [6.45, 7) is 2.25. The predicted molar refractivity (Wildman–Crippen MR) is 124 cm³/mol. The average molecular weight is 475 g/mol. The molecule has 2 heterocycles. The highest BCUT2D eigenvalue weighted by molar-refractivity contribution is 7.90. The van der Waals surface area contributed by atoms with Gasteiger partial charge in [-0.2, -0.15) is 0 Å². The minimum atomic E-state index is -3.21.